The lowest BCUT2D eigenvalue weighted by molar-refractivity contribution is 0.287. The van der Waals surface area contributed by atoms with Crippen LogP contribution in [0.3, 0.4) is 0 Å². The molecule has 26 heavy (non-hydrogen) atoms. The number of aliphatic imine (C=N–C) groups is 1. The molecule has 0 aromatic heterocycles. The third kappa shape index (κ3) is 2.94. The molecule has 0 fully saturated rings. The van der Waals surface area contributed by atoms with Crippen molar-refractivity contribution in [1.82, 2.24) is 5.43 Å². The van der Waals surface area contributed by atoms with Gasteiger partial charge in [0.1, 0.15) is 5.84 Å². The van der Waals surface area contributed by atoms with Gasteiger partial charge in [0.2, 0.25) is 0 Å². The molecule has 2 aromatic rings. The van der Waals surface area contributed by atoms with Crippen molar-refractivity contribution in [3.63, 3.8) is 0 Å². The fraction of sp³-hybridized carbons (Fsp3) is 0.333. The summed E-state index contributed by atoms with van der Waals surface area (Å²) in [6.07, 6.45) is 0.873. The molecular formula is C21H23N3O2. The number of fused-ring (bicyclic) bond motifs is 3. The van der Waals surface area contributed by atoms with Crippen LogP contribution < -0.4 is 14.9 Å². The van der Waals surface area contributed by atoms with E-state index in [1.54, 1.807) is 0 Å². The van der Waals surface area contributed by atoms with E-state index < -0.39 is 0 Å². The number of hydrogen-bond donors (Lipinski definition) is 1. The van der Waals surface area contributed by atoms with Crippen LogP contribution in [0.15, 0.2) is 46.5 Å². The Balaban J connectivity index is 1.67. The van der Waals surface area contributed by atoms with E-state index in [4.69, 9.17) is 14.5 Å². The Labute approximate surface area is 153 Å². The zero-order valence-corrected chi connectivity index (χ0v) is 15.4. The number of aryl methyl sites for hydroxylation is 1. The van der Waals surface area contributed by atoms with Crippen molar-refractivity contribution < 1.29 is 9.47 Å². The van der Waals surface area contributed by atoms with Crippen molar-refractivity contribution in [2.75, 3.05) is 13.2 Å². The molecule has 1 unspecified atom stereocenters. The zero-order valence-electron chi connectivity index (χ0n) is 15.4. The summed E-state index contributed by atoms with van der Waals surface area (Å²) in [5, 5.41) is 4.56. The van der Waals surface area contributed by atoms with E-state index in [0.29, 0.717) is 13.2 Å². The van der Waals surface area contributed by atoms with E-state index in [1.165, 1.54) is 11.1 Å². The molecule has 5 heteroatoms. The first-order valence-corrected chi connectivity index (χ1v) is 9.11. The normalized spacial score (nSPS) is 19.0. The molecule has 134 valence electrons. The predicted octanol–water partition coefficient (Wildman–Crippen LogP) is 4.00. The third-order valence-corrected chi connectivity index (χ3v) is 4.67. The summed E-state index contributed by atoms with van der Waals surface area (Å²) < 4.78 is 11.5. The molecule has 1 aliphatic carbocycles. The minimum atomic E-state index is 0.164. The number of benzene rings is 2. The van der Waals surface area contributed by atoms with Crippen LogP contribution in [0.25, 0.3) is 0 Å². The lowest BCUT2D eigenvalue weighted by Gasteiger charge is -2.13. The largest absolute Gasteiger partial charge is 0.490 e. The lowest BCUT2D eigenvalue weighted by atomic mass is 10.0. The van der Waals surface area contributed by atoms with Gasteiger partial charge >= 0.3 is 0 Å². The Hall–Kier alpha value is -2.82. The van der Waals surface area contributed by atoms with Crippen LogP contribution >= 0.6 is 0 Å². The standard InChI is InChI=1S/C21H23N3O2/c1-4-25-18-11-14-10-17-20(16(14)12-19(18)26-5-2)23-24-21(17)22-15-8-6-7-13(3)9-15/h6-9,11-12,17H,4-5,10H2,1-3H3,(H,22,24). The maximum absolute atomic E-state index is 5.77. The molecule has 1 aliphatic heterocycles. The minimum absolute atomic E-state index is 0.164. The molecule has 1 heterocycles. The van der Waals surface area contributed by atoms with Crippen LogP contribution in [-0.4, -0.2) is 24.8 Å². The van der Waals surface area contributed by atoms with Crippen molar-refractivity contribution in [2.24, 2.45) is 16.0 Å². The van der Waals surface area contributed by atoms with E-state index in [-0.39, 0.29) is 5.92 Å². The highest BCUT2D eigenvalue weighted by molar-refractivity contribution is 6.21. The maximum Gasteiger partial charge on any atom is 0.161 e. The Morgan fingerprint density at radius 1 is 1.12 bits per heavy atom. The zero-order chi connectivity index (χ0) is 18.1. The van der Waals surface area contributed by atoms with Crippen molar-refractivity contribution in [3.8, 4) is 11.5 Å². The van der Waals surface area contributed by atoms with E-state index in [9.17, 15) is 0 Å². The second-order valence-electron chi connectivity index (χ2n) is 6.52. The number of nitrogens with one attached hydrogen (secondary N) is 1. The number of ether oxygens (including phenoxy) is 2. The molecular weight excluding hydrogens is 326 g/mol. The second-order valence-corrected chi connectivity index (χ2v) is 6.52. The average Bonchev–Trinajstić information content (AvgIpc) is 3.16. The average molecular weight is 349 g/mol. The number of nitrogens with zero attached hydrogens (tertiary/aromatic N) is 2. The molecule has 0 spiro atoms. The van der Waals surface area contributed by atoms with E-state index in [0.717, 1.165) is 40.7 Å². The minimum Gasteiger partial charge on any atom is -0.490 e. The third-order valence-electron chi connectivity index (χ3n) is 4.67. The van der Waals surface area contributed by atoms with Crippen LogP contribution in [0.4, 0.5) is 5.69 Å². The van der Waals surface area contributed by atoms with Crippen LogP contribution in [0.2, 0.25) is 0 Å². The Morgan fingerprint density at radius 3 is 2.62 bits per heavy atom. The summed E-state index contributed by atoms with van der Waals surface area (Å²) in [5.41, 5.74) is 8.67. The quantitative estimate of drug-likeness (QED) is 0.887. The van der Waals surface area contributed by atoms with Gasteiger partial charge in [-0.3, -0.25) is 5.43 Å². The van der Waals surface area contributed by atoms with Gasteiger partial charge in [0.25, 0.3) is 0 Å². The number of rotatable bonds is 5. The van der Waals surface area contributed by atoms with Gasteiger partial charge in [-0.05, 0) is 62.6 Å². The van der Waals surface area contributed by atoms with Crippen LogP contribution in [-0.2, 0) is 6.42 Å². The lowest BCUT2D eigenvalue weighted by Crippen LogP contribution is -2.22. The molecule has 0 saturated carbocycles. The second kappa shape index (κ2) is 6.83. The Morgan fingerprint density at radius 2 is 1.88 bits per heavy atom. The van der Waals surface area contributed by atoms with Crippen molar-refractivity contribution in [1.29, 1.82) is 0 Å². The fourth-order valence-electron chi connectivity index (χ4n) is 3.55. The maximum atomic E-state index is 5.77. The van der Waals surface area contributed by atoms with E-state index in [1.807, 2.05) is 26.0 Å². The van der Waals surface area contributed by atoms with Gasteiger partial charge in [-0.25, -0.2) is 4.99 Å². The van der Waals surface area contributed by atoms with Crippen LogP contribution in [0.1, 0.15) is 30.5 Å². The smallest absolute Gasteiger partial charge is 0.161 e. The van der Waals surface area contributed by atoms with Gasteiger partial charge in [-0.1, -0.05) is 12.1 Å². The van der Waals surface area contributed by atoms with Crippen molar-refractivity contribution in [3.05, 3.63) is 53.1 Å². The van der Waals surface area contributed by atoms with Gasteiger partial charge in [-0.15, -0.1) is 0 Å². The number of hydrogen-bond acceptors (Lipinski definition) is 4. The summed E-state index contributed by atoms with van der Waals surface area (Å²) in [4.78, 5) is 4.79. The summed E-state index contributed by atoms with van der Waals surface area (Å²) in [6.45, 7) is 7.26. The molecule has 0 saturated heterocycles. The van der Waals surface area contributed by atoms with Gasteiger partial charge in [0.05, 0.1) is 30.5 Å². The van der Waals surface area contributed by atoms with Crippen LogP contribution in [0.5, 0.6) is 11.5 Å². The highest BCUT2D eigenvalue weighted by Crippen LogP contribution is 2.39. The van der Waals surface area contributed by atoms with Gasteiger partial charge < -0.3 is 9.47 Å². The van der Waals surface area contributed by atoms with Crippen LogP contribution in [0, 0.1) is 12.8 Å². The monoisotopic (exact) mass is 349 g/mol. The molecule has 5 nitrogen and oxygen atoms in total. The van der Waals surface area contributed by atoms with E-state index >= 15 is 0 Å². The Kier molecular flexibility index (Phi) is 4.37. The summed E-state index contributed by atoms with van der Waals surface area (Å²) in [7, 11) is 0. The number of amidine groups is 1. The molecule has 1 atom stereocenters. The molecule has 4 rings (SSSR count). The summed E-state index contributed by atoms with van der Waals surface area (Å²) >= 11 is 0. The molecule has 0 bridgehead atoms. The highest BCUT2D eigenvalue weighted by atomic mass is 16.5. The summed E-state index contributed by atoms with van der Waals surface area (Å²) in [5.74, 6) is 2.65. The number of hydrazone groups is 1. The fourth-order valence-corrected chi connectivity index (χ4v) is 3.55. The van der Waals surface area contributed by atoms with Gasteiger partial charge in [-0.2, -0.15) is 5.10 Å². The predicted molar refractivity (Wildman–Crippen MR) is 104 cm³/mol. The van der Waals surface area contributed by atoms with Crippen molar-refractivity contribution in [2.45, 2.75) is 27.2 Å². The Bertz CT molecular complexity index is 902. The molecule has 2 aromatic carbocycles. The van der Waals surface area contributed by atoms with Gasteiger partial charge in [0.15, 0.2) is 11.5 Å². The summed E-state index contributed by atoms with van der Waals surface area (Å²) in [6, 6.07) is 12.3. The molecule has 0 radical (unpaired) electrons. The SMILES string of the molecule is CCOc1cc2c(cc1OCC)C1=NNC(=Nc3cccc(C)c3)C1C2. The first kappa shape index (κ1) is 16.6. The topological polar surface area (TPSA) is 55.2 Å². The van der Waals surface area contributed by atoms with E-state index in [2.05, 4.69) is 41.7 Å². The molecule has 1 N–H and O–H groups in total. The first-order valence-electron chi connectivity index (χ1n) is 9.11. The molecule has 0 amide bonds. The van der Waals surface area contributed by atoms with Gasteiger partial charge in [0, 0.05) is 5.56 Å². The van der Waals surface area contributed by atoms with Crippen molar-refractivity contribution >= 4 is 17.2 Å². The first-order chi connectivity index (χ1) is 12.7. The molecule has 2 aliphatic rings. The highest BCUT2D eigenvalue weighted by Gasteiger charge is 2.37.